The van der Waals surface area contributed by atoms with Gasteiger partial charge in [-0.05, 0) is 35.8 Å². The van der Waals surface area contributed by atoms with Gasteiger partial charge in [-0.3, -0.25) is 0 Å². The van der Waals surface area contributed by atoms with E-state index in [1.54, 1.807) is 0 Å². The summed E-state index contributed by atoms with van der Waals surface area (Å²) in [5.74, 6) is 1.37. The van der Waals surface area contributed by atoms with Crippen molar-refractivity contribution in [2.75, 3.05) is 0 Å². The molecule has 2 aliphatic rings. The standard InChI is InChI=1S/C11H12O/c12-11-9-4-2-1-3-7(9)5-8-6-10(8)11/h1-4,8,10-12H,5-6H2. The van der Waals surface area contributed by atoms with E-state index in [1.807, 2.05) is 6.07 Å². The fourth-order valence-corrected chi connectivity index (χ4v) is 2.41. The molecule has 0 heterocycles. The van der Waals surface area contributed by atoms with Crippen LogP contribution >= 0.6 is 0 Å². The van der Waals surface area contributed by atoms with Crippen molar-refractivity contribution in [1.29, 1.82) is 0 Å². The number of aliphatic hydroxyl groups is 1. The van der Waals surface area contributed by atoms with Crippen LogP contribution in [0.15, 0.2) is 24.3 Å². The third-order valence-electron chi connectivity index (χ3n) is 3.24. The van der Waals surface area contributed by atoms with Crippen LogP contribution in [0.3, 0.4) is 0 Å². The maximum Gasteiger partial charge on any atom is 0.0823 e. The molecule has 0 radical (unpaired) electrons. The largest absolute Gasteiger partial charge is 0.388 e. The molecule has 2 aliphatic carbocycles. The number of fused-ring (bicyclic) bond motifs is 2. The molecule has 12 heavy (non-hydrogen) atoms. The summed E-state index contributed by atoms with van der Waals surface area (Å²) in [6, 6.07) is 8.29. The zero-order valence-electron chi connectivity index (χ0n) is 6.90. The maximum atomic E-state index is 9.87. The Morgan fingerprint density at radius 2 is 2.08 bits per heavy atom. The molecule has 1 aromatic carbocycles. The predicted molar refractivity (Wildman–Crippen MR) is 46.7 cm³/mol. The van der Waals surface area contributed by atoms with Crippen molar-refractivity contribution in [3.8, 4) is 0 Å². The highest BCUT2D eigenvalue weighted by molar-refractivity contribution is 5.34. The summed E-state index contributed by atoms with van der Waals surface area (Å²) >= 11 is 0. The van der Waals surface area contributed by atoms with Crippen molar-refractivity contribution in [3.05, 3.63) is 35.4 Å². The van der Waals surface area contributed by atoms with Crippen molar-refractivity contribution >= 4 is 0 Å². The van der Waals surface area contributed by atoms with Crippen LogP contribution in [0.25, 0.3) is 0 Å². The van der Waals surface area contributed by atoms with Gasteiger partial charge in [-0.1, -0.05) is 24.3 Å². The molecule has 0 aliphatic heterocycles. The minimum Gasteiger partial charge on any atom is -0.388 e. The summed E-state index contributed by atoms with van der Waals surface area (Å²) in [6.07, 6.45) is 2.26. The normalized spacial score (nSPS) is 36.9. The van der Waals surface area contributed by atoms with E-state index < -0.39 is 0 Å². The molecule has 1 saturated carbocycles. The first kappa shape index (κ1) is 6.67. The van der Waals surface area contributed by atoms with Gasteiger partial charge in [0.2, 0.25) is 0 Å². The Hall–Kier alpha value is -0.820. The van der Waals surface area contributed by atoms with Crippen LogP contribution in [-0.4, -0.2) is 5.11 Å². The van der Waals surface area contributed by atoms with E-state index in [0.29, 0.717) is 5.92 Å². The van der Waals surface area contributed by atoms with Gasteiger partial charge in [0.25, 0.3) is 0 Å². The van der Waals surface area contributed by atoms with Crippen LogP contribution in [0.2, 0.25) is 0 Å². The smallest absolute Gasteiger partial charge is 0.0823 e. The lowest BCUT2D eigenvalue weighted by Gasteiger charge is -2.20. The number of benzene rings is 1. The second-order valence-corrected chi connectivity index (χ2v) is 4.01. The predicted octanol–water partition coefficient (Wildman–Crippen LogP) is 1.91. The van der Waals surface area contributed by atoms with Gasteiger partial charge in [0, 0.05) is 0 Å². The molecular weight excluding hydrogens is 148 g/mol. The minimum atomic E-state index is -0.167. The average Bonchev–Trinajstić information content (AvgIpc) is 2.84. The lowest BCUT2D eigenvalue weighted by atomic mass is 9.90. The fourth-order valence-electron chi connectivity index (χ4n) is 2.41. The Balaban J connectivity index is 2.11. The van der Waals surface area contributed by atoms with Gasteiger partial charge in [0.05, 0.1) is 6.10 Å². The highest BCUT2D eigenvalue weighted by Crippen LogP contribution is 2.53. The van der Waals surface area contributed by atoms with E-state index in [4.69, 9.17) is 0 Å². The van der Waals surface area contributed by atoms with E-state index in [2.05, 4.69) is 18.2 Å². The molecule has 1 heteroatoms. The van der Waals surface area contributed by atoms with Crippen molar-refractivity contribution in [3.63, 3.8) is 0 Å². The summed E-state index contributed by atoms with van der Waals surface area (Å²) < 4.78 is 0. The zero-order valence-corrected chi connectivity index (χ0v) is 6.90. The zero-order chi connectivity index (χ0) is 8.13. The van der Waals surface area contributed by atoms with E-state index in [-0.39, 0.29) is 6.10 Å². The van der Waals surface area contributed by atoms with Gasteiger partial charge >= 0.3 is 0 Å². The van der Waals surface area contributed by atoms with E-state index in [0.717, 1.165) is 5.92 Å². The Morgan fingerprint density at radius 3 is 3.00 bits per heavy atom. The molecule has 1 aromatic rings. The molecule has 1 fully saturated rings. The first-order valence-corrected chi connectivity index (χ1v) is 4.62. The molecule has 0 bridgehead atoms. The van der Waals surface area contributed by atoms with Gasteiger partial charge in [-0.2, -0.15) is 0 Å². The van der Waals surface area contributed by atoms with Crippen molar-refractivity contribution in [2.24, 2.45) is 11.8 Å². The molecule has 1 nitrogen and oxygen atoms in total. The van der Waals surface area contributed by atoms with Crippen LogP contribution in [0.1, 0.15) is 23.7 Å². The topological polar surface area (TPSA) is 20.2 Å². The molecule has 62 valence electrons. The van der Waals surface area contributed by atoms with Gasteiger partial charge in [0.15, 0.2) is 0 Å². The Labute approximate surface area is 72.0 Å². The van der Waals surface area contributed by atoms with Crippen LogP contribution in [0.5, 0.6) is 0 Å². The summed E-state index contributed by atoms with van der Waals surface area (Å²) in [4.78, 5) is 0. The number of aliphatic hydroxyl groups excluding tert-OH is 1. The van der Waals surface area contributed by atoms with Crippen molar-refractivity contribution < 1.29 is 5.11 Å². The quantitative estimate of drug-likeness (QED) is 0.614. The average molecular weight is 160 g/mol. The maximum absolute atomic E-state index is 9.87. The Kier molecular flexibility index (Phi) is 1.17. The van der Waals surface area contributed by atoms with Crippen LogP contribution in [-0.2, 0) is 6.42 Å². The molecule has 0 spiro atoms. The molecule has 0 amide bonds. The SMILES string of the molecule is OC1c2ccccc2CC2CC21. The number of hydrogen-bond acceptors (Lipinski definition) is 1. The van der Waals surface area contributed by atoms with Gasteiger partial charge < -0.3 is 5.11 Å². The van der Waals surface area contributed by atoms with Gasteiger partial charge in [-0.25, -0.2) is 0 Å². The first-order chi connectivity index (χ1) is 5.86. The van der Waals surface area contributed by atoms with Crippen molar-refractivity contribution in [2.45, 2.75) is 18.9 Å². The Morgan fingerprint density at radius 1 is 1.25 bits per heavy atom. The number of hydrogen-bond donors (Lipinski definition) is 1. The number of rotatable bonds is 0. The highest BCUT2D eigenvalue weighted by Gasteiger charge is 2.46. The molecule has 0 aromatic heterocycles. The lowest BCUT2D eigenvalue weighted by Crippen LogP contribution is -2.11. The molecule has 3 rings (SSSR count). The molecule has 3 unspecified atom stereocenters. The van der Waals surface area contributed by atoms with E-state index in [1.165, 1.54) is 24.0 Å². The third kappa shape index (κ3) is 0.774. The lowest BCUT2D eigenvalue weighted by molar-refractivity contribution is 0.140. The monoisotopic (exact) mass is 160 g/mol. The van der Waals surface area contributed by atoms with E-state index in [9.17, 15) is 5.11 Å². The second kappa shape index (κ2) is 2.11. The summed E-state index contributed by atoms with van der Waals surface area (Å²) in [6.45, 7) is 0. The fraction of sp³-hybridized carbons (Fsp3) is 0.455. The summed E-state index contributed by atoms with van der Waals surface area (Å²) in [7, 11) is 0. The van der Waals surface area contributed by atoms with E-state index >= 15 is 0 Å². The summed E-state index contributed by atoms with van der Waals surface area (Å²) in [5.41, 5.74) is 2.54. The Bertz CT molecular complexity index is 319. The van der Waals surface area contributed by atoms with Crippen molar-refractivity contribution in [1.82, 2.24) is 0 Å². The van der Waals surface area contributed by atoms with Gasteiger partial charge in [-0.15, -0.1) is 0 Å². The highest BCUT2D eigenvalue weighted by atomic mass is 16.3. The van der Waals surface area contributed by atoms with Crippen LogP contribution < -0.4 is 0 Å². The molecule has 0 saturated heterocycles. The van der Waals surface area contributed by atoms with Crippen LogP contribution in [0.4, 0.5) is 0 Å². The minimum absolute atomic E-state index is 0.167. The van der Waals surface area contributed by atoms with Gasteiger partial charge in [0.1, 0.15) is 0 Å². The molecular formula is C11H12O. The third-order valence-corrected chi connectivity index (χ3v) is 3.24. The second-order valence-electron chi connectivity index (χ2n) is 4.01. The molecule has 1 N–H and O–H groups in total. The molecule has 3 atom stereocenters. The summed E-state index contributed by atoms with van der Waals surface area (Å²) in [5, 5.41) is 9.87. The van der Waals surface area contributed by atoms with Crippen LogP contribution in [0, 0.1) is 11.8 Å². The first-order valence-electron chi connectivity index (χ1n) is 4.62.